The number of halogens is 1. The topological polar surface area (TPSA) is 82.6 Å². The number of aromatic amines is 1. The minimum absolute atomic E-state index is 0.0285. The van der Waals surface area contributed by atoms with E-state index in [1.54, 1.807) is 30.3 Å². The van der Waals surface area contributed by atoms with Crippen LogP contribution in [0.1, 0.15) is 22.7 Å². The third-order valence-corrected chi connectivity index (χ3v) is 6.64. The largest absolute Gasteiger partial charge is 0.507 e. The third kappa shape index (κ3) is 4.06. The van der Waals surface area contributed by atoms with Gasteiger partial charge in [0.15, 0.2) is 0 Å². The number of para-hydroxylation sites is 2. The third-order valence-electron chi connectivity index (χ3n) is 6.39. The molecule has 176 valence electrons. The number of H-pyrrole nitrogens is 1. The smallest absolute Gasteiger partial charge is 0.295 e. The molecular formula is C28H23ClN2O4. The number of hydrogen-bond acceptors (Lipinski definition) is 4. The van der Waals surface area contributed by atoms with E-state index >= 15 is 0 Å². The van der Waals surface area contributed by atoms with E-state index in [4.69, 9.17) is 16.3 Å². The summed E-state index contributed by atoms with van der Waals surface area (Å²) < 4.78 is 5.56. The van der Waals surface area contributed by atoms with Crippen LogP contribution in [-0.4, -0.2) is 40.3 Å². The fourth-order valence-corrected chi connectivity index (χ4v) is 4.79. The zero-order chi connectivity index (χ0) is 24.5. The summed E-state index contributed by atoms with van der Waals surface area (Å²) in [6.07, 6.45) is 2.46. The van der Waals surface area contributed by atoms with Gasteiger partial charge >= 0.3 is 0 Å². The van der Waals surface area contributed by atoms with Gasteiger partial charge in [-0.2, -0.15) is 0 Å². The minimum atomic E-state index is -0.799. The number of nitrogens with zero attached hydrogens (tertiary/aromatic N) is 1. The average Bonchev–Trinajstić information content (AvgIpc) is 3.41. The summed E-state index contributed by atoms with van der Waals surface area (Å²) in [5.41, 5.74) is 3.11. The molecule has 1 amide bonds. The number of aromatic nitrogens is 1. The second-order valence-electron chi connectivity index (χ2n) is 8.35. The second-order valence-corrected chi connectivity index (χ2v) is 8.79. The lowest BCUT2D eigenvalue weighted by Crippen LogP contribution is -2.31. The van der Waals surface area contributed by atoms with E-state index in [-0.39, 0.29) is 17.9 Å². The number of ketones is 1. The number of carbonyl (C=O) groups is 2. The first-order valence-corrected chi connectivity index (χ1v) is 11.6. The number of amides is 1. The molecule has 6 nitrogen and oxygen atoms in total. The van der Waals surface area contributed by atoms with Crippen LogP contribution in [0.25, 0.3) is 16.7 Å². The van der Waals surface area contributed by atoms with Crippen LogP contribution in [0.5, 0.6) is 5.75 Å². The van der Waals surface area contributed by atoms with Crippen molar-refractivity contribution in [2.24, 2.45) is 0 Å². The van der Waals surface area contributed by atoms with E-state index in [1.165, 1.54) is 12.0 Å². The van der Waals surface area contributed by atoms with Gasteiger partial charge < -0.3 is 19.7 Å². The zero-order valence-corrected chi connectivity index (χ0v) is 19.8. The van der Waals surface area contributed by atoms with Crippen molar-refractivity contribution in [3.63, 3.8) is 0 Å². The lowest BCUT2D eigenvalue weighted by Gasteiger charge is -2.26. The van der Waals surface area contributed by atoms with E-state index in [0.717, 1.165) is 16.5 Å². The Kier molecular flexibility index (Phi) is 6.05. The molecule has 4 aromatic rings. The first-order valence-electron chi connectivity index (χ1n) is 11.2. The lowest BCUT2D eigenvalue weighted by molar-refractivity contribution is -0.139. The number of benzene rings is 3. The molecule has 3 aromatic carbocycles. The Bertz CT molecular complexity index is 1460. The van der Waals surface area contributed by atoms with Crippen LogP contribution >= 0.6 is 11.6 Å². The fourth-order valence-electron chi connectivity index (χ4n) is 4.67. The first kappa shape index (κ1) is 22.7. The van der Waals surface area contributed by atoms with Gasteiger partial charge in [0.25, 0.3) is 11.7 Å². The molecule has 0 saturated carbocycles. The highest BCUT2D eigenvalue weighted by molar-refractivity contribution is 6.46. The Morgan fingerprint density at radius 3 is 2.51 bits per heavy atom. The highest BCUT2D eigenvalue weighted by atomic mass is 35.5. The molecule has 5 rings (SSSR count). The maximum atomic E-state index is 13.3. The van der Waals surface area contributed by atoms with Gasteiger partial charge in [-0.3, -0.25) is 9.59 Å². The number of aliphatic hydroxyl groups excluding tert-OH is 1. The summed E-state index contributed by atoms with van der Waals surface area (Å²) in [4.78, 5) is 31.3. The highest BCUT2D eigenvalue weighted by Gasteiger charge is 2.46. The molecule has 35 heavy (non-hydrogen) atoms. The van der Waals surface area contributed by atoms with Crippen molar-refractivity contribution in [2.75, 3.05) is 13.7 Å². The van der Waals surface area contributed by atoms with Crippen molar-refractivity contribution in [3.8, 4) is 5.75 Å². The molecule has 2 heterocycles. The van der Waals surface area contributed by atoms with E-state index in [1.807, 2.05) is 48.7 Å². The van der Waals surface area contributed by atoms with Crippen LogP contribution in [0.15, 0.2) is 84.6 Å². The number of Topliss-reactive ketones (excluding diaryl/α,β-unsaturated/α-hetero) is 1. The molecule has 1 fully saturated rings. The molecule has 1 unspecified atom stereocenters. The van der Waals surface area contributed by atoms with Crippen LogP contribution in [0.2, 0.25) is 5.02 Å². The van der Waals surface area contributed by atoms with Gasteiger partial charge in [-0.15, -0.1) is 0 Å². The van der Waals surface area contributed by atoms with Gasteiger partial charge in [0.1, 0.15) is 11.5 Å². The van der Waals surface area contributed by atoms with Gasteiger partial charge in [0.2, 0.25) is 0 Å². The fraction of sp³-hybridized carbons (Fsp3) is 0.143. The quantitative estimate of drug-likeness (QED) is 0.214. The first-order chi connectivity index (χ1) is 17.0. The van der Waals surface area contributed by atoms with Gasteiger partial charge in [-0.25, -0.2) is 0 Å². The molecule has 0 aliphatic carbocycles. The highest BCUT2D eigenvalue weighted by Crippen LogP contribution is 2.42. The van der Waals surface area contributed by atoms with E-state index in [0.29, 0.717) is 28.3 Å². The normalized spacial score (nSPS) is 17.3. The van der Waals surface area contributed by atoms with Gasteiger partial charge in [-0.1, -0.05) is 48.0 Å². The van der Waals surface area contributed by atoms with Crippen molar-refractivity contribution in [1.29, 1.82) is 0 Å². The Hall–Kier alpha value is -4.03. The van der Waals surface area contributed by atoms with Crippen LogP contribution in [0, 0.1) is 0 Å². The number of aliphatic hydroxyl groups is 1. The number of likely N-dealkylation sites (tertiary alicyclic amines) is 1. The number of hydrogen-bond donors (Lipinski definition) is 2. The van der Waals surface area contributed by atoms with E-state index < -0.39 is 17.7 Å². The lowest BCUT2D eigenvalue weighted by atomic mass is 9.94. The van der Waals surface area contributed by atoms with Crippen LogP contribution in [0.3, 0.4) is 0 Å². The molecule has 1 saturated heterocycles. The Morgan fingerprint density at radius 1 is 1.03 bits per heavy atom. The second kappa shape index (κ2) is 9.31. The summed E-state index contributed by atoms with van der Waals surface area (Å²) >= 11 is 6.00. The Labute approximate surface area is 207 Å². The number of nitrogens with one attached hydrogen (secondary N) is 1. The van der Waals surface area contributed by atoms with Gasteiger partial charge in [0, 0.05) is 39.8 Å². The number of fused-ring (bicyclic) bond motifs is 1. The number of methoxy groups -OCH3 is 1. The van der Waals surface area contributed by atoms with Crippen molar-refractivity contribution in [2.45, 2.75) is 12.5 Å². The standard InChI is InChI=1S/C28H23ClN2O4/c1-35-23-9-5-3-7-21(23)25-24(26(32)17-10-12-19(29)13-11-17)27(33)28(34)31(25)15-14-18-16-30-22-8-4-2-6-20(18)22/h2-13,16,25,30,32H,14-15H2,1H3/b26-24-. The van der Waals surface area contributed by atoms with Gasteiger partial charge in [0.05, 0.1) is 18.7 Å². The summed E-state index contributed by atoms with van der Waals surface area (Å²) in [5, 5.41) is 12.8. The Morgan fingerprint density at radius 2 is 1.74 bits per heavy atom. The van der Waals surface area contributed by atoms with Crippen molar-refractivity contribution in [3.05, 3.63) is 106 Å². The summed E-state index contributed by atoms with van der Waals surface area (Å²) in [6, 6.07) is 20.9. The van der Waals surface area contributed by atoms with Crippen molar-refractivity contribution in [1.82, 2.24) is 9.88 Å². The molecular weight excluding hydrogens is 464 g/mol. The monoisotopic (exact) mass is 486 g/mol. The summed E-state index contributed by atoms with van der Waals surface area (Å²) in [7, 11) is 1.54. The zero-order valence-electron chi connectivity index (χ0n) is 19.0. The van der Waals surface area contributed by atoms with Crippen molar-refractivity contribution < 1.29 is 19.4 Å². The number of rotatable bonds is 6. The molecule has 1 aliphatic heterocycles. The minimum Gasteiger partial charge on any atom is -0.507 e. The van der Waals surface area contributed by atoms with E-state index in [9.17, 15) is 14.7 Å². The predicted molar refractivity (Wildman–Crippen MR) is 135 cm³/mol. The van der Waals surface area contributed by atoms with Crippen LogP contribution in [-0.2, 0) is 16.0 Å². The summed E-state index contributed by atoms with van der Waals surface area (Å²) in [5.74, 6) is -1.10. The van der Waals surface area contributed by atoms with Crippen LogP contribution < -0.4 is 4.74 Å². The molecule has 0 radical (unpaired) electrons. The maximum absolute atomic E-state index is 13.3. The SMILES string of the molecule is COc1ccccc1C1/C(=C(/O)c2ccc(Cl)cc2)C(=O)C(=O)N1CCc1c[nH]c2ccccc12. The number of ether oxygens (including phenoxy) is 1. The van der Waals surface area contributed by atoms with E-state index in [2.05, 4.69) is 4.98 Å². The molecule has 0 bridgehead atoms. The average molecular weight is 487 g/mol. The molecule has 2 N–H and O–H groups in total. The van der Waals surface area contributed by atoms with Crippen molar-refractivity contribution >= 4 is 40.0 Å². The van der Waals surface area contributed by atoms with Crippen LogP contribution in [0.4, 0.5) is 0 Å². The number of carbonyl (C=O) groups excluding carboxylic acids is 2. The predicted octanol–water partition coefficient (Wildman–Crippen LogP) is 5.49. The molecule has 1 atom stereocenters. The summed E-state index contributed by atoms with van der Waals surface area (Å²) in [6.45, 7) is 0.284. The maximum Gasteiger partial charge on any atom is 0.295 e. The molecule has 0 spiro atoms. The molecule has 1 aromatic heterocycles. The molecule has 1 aliphatic rings. The Balaban J connectivity index is 1.59. The molecule has 7 heteroatoms. The van der Waals surface area contributed by atoms with Gasteiger partial charge in [-0.05, 0) is 48.4 Å².